The van der Waals surface area contributed by atoms with E-state index in [0.29, 0.717) is 5.82 Å². The van der Waals surface area contributed by atoms with Crippen molar-refractivity contribution < 1.29 is 0 Å². The number of fused-ring (bicyclic) bond motifs is 3. The van der Waals surface area contributed by atoms with E-state index in [1.54, 1.807) is 11.3 Å². The van der Waals surface area contributed by atoms with Crippen LogP contribution in [0, 0.1) is 0 Å². The third-order valence-electron chi connectivity index (χ3n) is 7.71. The molecule has 0 N–H and O–H groups in total. The highest BCUT2D eigenvalue weighted by molar-refractivity contribution is 7.22. The van der Waals surface area contributed by atoms with Gasteiger partial charge < -0.3 is 0 Å². The van der Waals surface area contributed by atoms with Crippen LogP contribution < -0.4 is 0 Å². The average molecular weight is 568 g/mol. The highest BCUT2D eigenvalue weighted by Crippen LogP contribution is 2.37. The van der Waals surface area contributed by atoms with Crippen LogP contribution in [-0.4, -0.2) is 15.0 Å². The molecule has 0 saturated carbocycles. The predicted octanol–water partition coefficient (Wildman–Crippen LogP) is 10.6. The van der Waals surface area contributed by atoms with E-state index in [9.17, 15) is 0 Å². The second-order valence-corrected chi connectivity index (χ2v) is 11.5. The van der Waals surface area contributed by atoms with Gasteiger partial charge in [-0.25, -0.2) is 15.0 Å². The van der Waals surface area contributed by atoms with Gasteiger partial charge in [-0.05, 0) is 40.8 Å². The van der Waals surface area contributed by atoms with Crippen molar-refractivity contribution in [3.05, 3.63) is 152 Å². The first-order valence-corrected chi connectivity index (χ1v) is 15.1. The van der Waals surface area contributed by atoms with Crippen LogP contribution in [0.4, 0.5) is 0 Å². The van der Waals surface area contributed by atoms with Crippen LogP contribution in [0.5, 0.6) is 0 Å². The standard InChI is InChI=1S/C39H25N3S/c1-4-11-26(12-5-1)35-25-36(27-13-6-2-7-14-27)41-38(40-35)32-18-10-17-29(24-32)30-19-21-33-31(23-30)20-22-34-37(33)43-39(42-34)28-15-8-3-9-16-28/h1-25H. The highest BCUT2D eigenvalue weighted by Gasteiger charge is 2.13. The summed E-state index contributed by atoms with van der Waals surface area (Å²) in [5.41, 5.74) is 9.41. The molecule has 2 heterocycles. The molecular formula is C39H25N3S. The molecule has 0 atom stereocenters. The summed E-state index contributed by atoms with van der Waals surface area (Å²) in [7, 11) is 0. The van der Waals surface area contributed by atoms with Crippen molar-refractivity contribution in [2.75, 3.05) is 0 Å². The van der Waals surface area contributed by atoms with Gasteiger partial charge in [0.25, 0.3) is 0 Å². The molecular weight excluding hydrogens is 543 g/mol. The predicted molar refractivity (Wildman–Crippen MR) is 180 cm³/mol. The largest absolute Gasteiger partial charge is 0.236 e. The lowest BCUT2D eigenvalue weighted by Crippen LogP contribution is -1.96. The van der Waals surface area contributed by atoms with Crippen molar-refractivity contribution in [3.8, 4) is 55.6 Å². The van der Waals surface area contributed by atoms with E-state index in [0.717, 1.165) is 55.3 Å². The molecule has 8 aromatic rings. The lowest BCUT2D eigenvalue weighted by molar-refractivity contribution is 1.18. The third kappa shape index (κ3) is 4.88. The fourth-order valence-electron chi connectivity index (χ4n) is 5.53. The van der Waals surface area contributed by atoms with E-state index >= 15 is 0 Å². The maximum Gasteiger partial charge on any atom is 0.160 e. The Morgan fingerprint density at radius 3 is 1.65 bits per heavy atom. The van der Waals surface area contributed by atoms with Crippen LogP contribution in [0.2, 0.25) is 0 Å². The molecule has 0 unspecified atom stereocenters. The van der Waals surface area contributed by atoms with E-state index in [4.69, 9.17) is 15.0 Å². The van der Waals surface area contributed by atoms with Crippen LogP contribution in [0.15, 0.2) is 152 Å². The SMILES string of the molecule is c1ccc(-c2cc(-c3ccccc3)nc(-c3cccc(-c4ccc5c(ccc6nc(-c7ccccc7)sc65)c4)c3)n2)cc1. The quantitative estimate of drug-likeness (QED) is 0.208. The average Bonchev–Trinajstić information content (AvgIpc) is 3.54. The summed E-state index contributed by atoms with van der Waals surface area (Å²) in [5.74, 6) is 0.711. The molecule has 0 aliphatic carbocycles. The molecule has 202 valence electrons. The lowest BCUT2D eigenvalue weighted by atomic mass is 9.99. The minimum absolute atomic E-state index is 0.711. The first-order valence-electron chi connectivity index (χ1n) is 14.3. The molecule has 0 amide bonds. The number of rotatable bonds is 5. The number of aromatic nitrogens is 3. The molecule has 0 aliphatic rings. The Kier molecular flexibility index (Phi) is 6.32. The zero-order valence-corrected chi connectivity index (χ0v) is 24.0. The topological polar surface area (TPSA) is 38.7 Å². The van der Waals surface area contributed by atoms with Crippen molar-refractivity contribution in [2.45, 2.75) is 0 Å². The molecule has 0 bridgehead atoms. The minimum atomic E-state index is 0.711. The Bertz CT molecular complexity index is 2170. The Labute approximate surface area is 253 Å². The summed E-state index contributed by atoms with van der Waals surface area (Å²) in [5, 5.41) is 3.48. The first kappa shape index (κ1) is 25.3. The van der Waals surface area contributed by atoms with Crippen molar-refractivity contribution >= 4 is 32.3 Å². The fourth-order valence-corrected chi connectivity index (χ4v) is 6.63. The maximum absolute atomic E-state index is 5.03. The molecule has 0 saturated heterocycles. The van der Waals surface area contributed by atoms with E-state index in [1.807, 2.05) is 42.5 Å². The summed E-state index contributed by atoms with van der Waals surface area (Å²) < 4.78 is 1.22. The van der Waals surface area contributed by atoms with Gasteiger partial charge >= 0.3 is 0 Å². The Hall–Kier alpha value is -5.45. The van der Waals surface area contributed by atoms with Gasteiger partial charge in [-0.3, -0.25) is 0 Å². The van der Waals surface area contributed by atoms with E-state index in [1.165, 1.54) is 15.5 Å². The number of nitrogens with zero attached hydrogens (tertiary/aromatic N) is 3. The zero-order valence-electron chi connectivity index (χ0n) is 23.2. The number of thiazole rings is 1. The second-order valence-electron chi connectivity index (χ2n) is 10.5. The van der Waals surface area contributed by atoms with Crippen LogP contribution in [-0.2, 0) is 0 Å². The molecule has 3 nitrogen and oxygen atoms in total. The van der Waals surface area contributed by atoms with Gasteiger partial charge in [0.2, 0.25) is 0 Å². The minimum Gasteiger partial charge on any atom is -0.236 e. The van der Waals surface area contributed by atoms with Gasteiger partial charge in [-0.15, -0.1) is 11.3 Å². The molecule has 6 aromatic carbocycles. The van der Waals surface area contributed by atoms with Crippen LogP contribution in [0.3, 0.4) is 0 Å². The molecule has 2 aromatic heterocycles. The monoisotopic (exact) mass is 567 g/mol. The van der Waals surface area contributed by atoms with E-state index in [-0.39, 0.29) is 0 Å². The summed E-state index contributed by atoms with van der Waals surface area (Å²) in [4.78, 5) is 15.0. The molecule has 43 heavy (non-hydrogen) atoms. The van der Waals surface area contributed by atoms with Gasteiger partial charge in [0.05, 0.1) is 21.6 Å². The van der Waals surface area contributed by atoms with E-state index in [2.05, 4.69) is 109 Å². The highest BCUT2D eigenvalue weighted by atomic mass is 32.1. The smallest absolute Gasteiger partial charge is 0.160 e. The summed E-state index contributed by atoms with van der Waals surface area (Å²) in [6.07, 6.45) is 0. The maximum atomic E-state index is 5.03. The lowest BCUT2D eigenvalue weighted by Gasteiger charge is -2.11. The van der Waals surface area contributed by atoms with Crippen molar-refractivity contribution in [1.82, 2.24) is 15.0 Å². The fraction of sp³-hybridized carbons (Fsp3) is 0. The third-order valence-corrected chi connectivity index (χ3v) is 8.86. The normalized spacial score (nSPS) is 11.3. The molecule has 0 fully saturated rings. The Morgan fingerprint density at radius 1 is 0.395 bits per heavy atom. The molecule has 4 heteroatoms. The summed E-state index contributed by atoms with van der Waals surface area (Å²) in [6, 6.07) is 52.6. The van der Waals surface area contributed by atoms with E-state index < -0.39 is 0 Å². The van der Waals surface area contributed by atoms with Crippen LogP contribution >= 0.6 is 11.3 Å². The molecule has 0 radical (unpaired) electrons. The first-order chi connectivity index (χ1) is 21.3. The van der Waals surface area contributed by atoms with Gasteiger partial charge in [0.1, 0.15) is 5.01 Å². The molecule has 0 spiro atoms. The second kappa shape index (κ2) is 10.8. The zero-order chi connectivity index (χ0) is 28.6. The summed E-state index contributed by atoms with van der Waals surface area (Å²) in [6.45, 7) is 0. The molecule has 8 rings (SSSR count). The van der Waals surface area contributed by atoms with Crippen LogP contribution in [0.25, 0.3) is 76.6 Å². The van der Waals surface area contributed by atoms with Gasteiger partial charge in [0, 0.05) is 27.6 Å². The number of hydrogen-bond acceptors (Lipinski definition) is 4. The van der Waals surface area contributed by atoms with Gasteiger partial charge in [0.15, 0.2) is 5.82 Å². The molecule has 0 aliphatic heterocycles. The van der Waals surface area contributed by atoms with Crippen molar-refractivity contribution in [3.63, 3.8) is 0 Å². The van der Waals surface area contributed by atoms with Gasteiger partial charge in [-0.1, -0.05) is 127 Å². The Balaban J connectivity index is 1.20. The van der Waals surface area contributed by atoms with Crippen molar-refractivity contribution in [2.24, 2.45) is 0 Å². The summed E-state index contributed by atoms with van der Waals surface area (Å²) >= 11 is 1.75. The number of benzene rings is 6. The van der Waals surface area contributed by atoms with Crippen LogP contribution in [0.1, 0.15) is 0 Å². The number of hydrogen-bond donors (Lipinski definition) is 0. The van der Waals surface area contributed by atoms with Crippen molar-refractivity contribution in [1.29, 1.82) is 0 Å². The Morgan fingerprint density at radius 2 is 0.977 bits per heavy atom. The van der Waals surface area contributed by atoms with Gasteiger partial charge in [-0.2, -0.15) is 0 Å².